The molecule has 1 fully saturated rings. The van der Waals surface area contributed by atoms with E-state index in [0.717, 1.165) is 48.6 Å². The number of amides is 1. The van der Waals surface area contributed by atoms with Crippen LogP contribution in [0.1, 0.15) is 23.3 Å². The second kappa shape index (κ2) is 8.60. The third-order valence-electron chi connectivity index (χ3n) is 4.77. The number of rotatable bonds is 5. The molecule has 0 radical (unpaired) electrons. The summed E-state index contributed by atoms with van der Waals surface area (Å²) in [6, 6.07) is 11.3. The largest absolute Gasteiger partial charge is 0.497 e. The van der Waals surface area contributed by atoms with E-state index in [1.165, 1.54) is 4.07 Å². The lowest BCUT2D eigenvalue weighted by Crippen LogP contribution is -2.31. The van der Waals surface area contributed by atoms with Crippen molar-refractivity contribution < 1.29 is 22.3 Å². The highest BCUT2D eigenvalue weighted by Gasteiger charge is 2.26. The van der Waals surface area contributed by atoms with Crippen LogP contribution in [0, 0.1) is 5.82 Å². The summed E-state index contributed by atoms with van der Waals surface area (Å²) in [5, 5.41) is 4.36. The molecule has 0 atom stereocenters. The predicted octanol–water partition coefficient (Wildman–Crippen LogP) is 2.61. The van der Waals surface area contributed by atoms with Gasteiger partial charge >= 0.3 is 0 Å². The Morgan fingerprint density at radius 3 is 2.35 bits per heavy atom. The number of hydrogen-bond donors (Lipinski definition) is 0. The van der Waals surface area contributed by atoms with Crippen LogP contribution < -0.4 is 9.41 Å². The first kappa shape index (κ1) is 21.2. The Bertz CT molecular complexity index is 1260. The zero-order valence-electron chi connectivity index (χ0n) is 16.6. The topological polar surface area (TPSA) is 93.9 Å². The Morgan fingerprint density at radius 2 is 1.74 bits per heavy atom. The maximum Gasteiger partial charge on any atom is 0.283 e. The maximum atomic E-state index is 13.2. The Balaban J connectivity index is 1.82. The molecule has 2 heterocycles. The van der Waals surface area contributed by atoms with Crippen molar-refractivity contribution in [2.45, 2.75) is 17.7 Å². The molecule has 11 heteroatoms. The molecular weight excluding hydrogens is 443 g/mol. The first-order valence-electron chi connectivity index (χ1n) is 9.48. The van der Waals surface area contributed by atoms with Gasteiger partial charge in [0, 0.05) is 13.1 Å². The van der Waals surface area contributed by atoms with Gasteiger partial charge in [0.25, 0.3) is 15.9 Å². The Labute approximate surface area is 182 Å². The molecule has 3 aromatic rings. The van der Waals surface area contributed by atoms with Gasteiger partial charge in [-0.15, -0.1) is 9.50 Å². The number of methoxy groups -OCH3 is 1. The quantitative estimate of drug-likeness (QED) is 0.581. The zero-order chi connectivity index (χ0) is 22.0. The Hall–Kier alpha value is -3.05. The van der Waals surface area contributed by atoms with E-state index in [1.54, 1.807) is 36.3 Å². The molecule has 162 valence electrons. The van der Waals surface area contributed by atoms with Crippen LogP contribution >= 0.6 is 11.5 Å². The van der Waals surface area contributed by atoms with Crippen LogP contribution in [0.25, 0.3) is 5.69 Å². The molecule has 0 spiro atoms. The fourth-order valence-electron chi connectivity index (χ4n) is 3.13. The second-order valence-electron chi connectivity index (χ2n) is 6.84. The maximum absolute atomic E-state index is 13.2. The number of hydrogen-bond acceptors (Lipinski definition) is 6. The van der Waals surface area contributed by atoms with Crippen LogP contribution in [-0.2, 0) is 10.0 Å². The normalized spacial score (nSPS) is 14.8. The van der Waals surface area contributed by atoms with Gasteiger partial charge in [-0.05, 0) is 72.9 Å². The molecule has 0 aliphatic carbocycles. The van der Waals surface area contributed by atoms with E-state index in [1.807, 2.05) is 0 Å². The molecule has 1 aliphatic heterocycles. The number of carbonyl (C=O) groups is 1. The molecular formula is C20H19FN4O4S2. The fraction of sp³-hybridized carbons (Fsp3) is 0.250. The summed E-state index contributed by atoms with van der Waals surface area (Å²) in [6.07, 6.45) is 1.77. The average Bonchev–Trinajstić information content (AvgIpc) is 3.44. The molecule has 31 heavy (non-hydrogen) atoms. The Morgan fingerprint density at radius 1 is 1.10 bits per heavy atom. The lowest BCUT2D eigenvalue weighted by Gasteiger charge is -2.12. The monoisotopic (exact) mass is 462 g/mol. The van der Waals surface area contributed by atoms with Crippen LogP contribution in [0.4, 0.5) is 4.39 Å². The summed E-state index contributed by atoms with van der Waals surface area (Å²) in [7, 11) is -2.61. The third kappa shape index (κ3) is 4.52. The minimum atomic E-state index is -4.16. The number of likely N-dealkylation sites (tertiary alicyclic amines) is 1. The second-order valence-corrected chi connectivity index (χ2v) is 9.35. The SMILES string of the molecule is COc1ccc(-n2nc(C(=O)N3CCCC3)c(=NS(=O)(=O)c3ccc(F)cc3)s2)cc1. The van der Waals surface area contributed by atoms with Gasteiger partial charge in [-0.2, -0.15) is 12.5 Å². The highest BCUT2D eigenvalue weighted by molar-refractivity contribution is 7.90. The minimum Gasteiger partial charge on any atom is -0.497 e. The number of sulfonamides is 1. The summed E-state index contributed by atoms with van der Waals surface area (Å²) in [5.74, 6) is -0.272. The van der Waals surface area contributed by atoms with E-state index in [9.17, 15) is 17.6 Å². The van der Waals surface area contributed by atoms with E-state index < -0.39 is 15.8 Å². The standard InChI is InChI=1S/C20H19FN4O4S2/c1-29-16-8-6-15(7-9-16)25-22-18(20(26)24-12-2-3-13-24)19(30-25)23-31(27,28)17-10-4-14(21)5-11-17/h4-11H,2-3,12-13H2,1H3. The number of aromatic nitrogens is 2. The van der Waals surface area contributed by atoms with Gasteiger partial charge in [0.15, 0.2) is 10.4 Å². The molecule has 1 aliphatic rings. The van der Waals surface area contributed by atoms with Crippen molar-refractivity contribution in [3.63, 3.8) is 0 Å². The van der Waals surface area contributed by atoms with Crippen molar-refractivity contribution in [1.82, 2.24) is 14.1 Å². The molecule has 0 N–H and O–H groups in total. The summed E-state index contributed by atoms with van der Waals surface area (Å²) in [4.78, 5) is 14.5. The number of ether oxygens (including phenoxy) is 1. The summed E-state index contributed by atoms with van der Waals surface area (Å²) in [6.45, 7) is 1.17. The van der Waals surface area contributed by atoms with Gasteiger partial charge in [-0.25, -0.2) is 4.39 Å². The molecule has 1 aromatic heterocycles. The van der Waals surface area contributed by atoms with E-state index in [0.29, 0.717) is 24.5 Å². The van der Waals surface area contributed by atoms with Gasteiger partial charge < -0.3 is 9.64 Å². The highest BCUT2D eigenvalue weighted by atomic mass is 32.2. The van der Waals surface area contributed by atoms with E-state index in [-0.39, 0.29) is 21.2 Å². The first-order valence-corrected chi connectivity index (χ1v) is 11.7. The number of halogens is 1. The minimum absolute atomic E-state index is 0.0305. The smallest absolute Gasteiger partial charge is 0.283 e. The van der Waals surface area contributed by atoms with Gasteiger partial charge in [-0.1, -0.05) is 0 Å². The lowest BCUT2D eigenvalue weighted by atomic mass is 10.3. The van der Waals surface area contributed by atoms with E-state index >= 15 is 0 Å². The highest BCUT2D eigenvalue weighted by Crippen LogP contribution is 2.18. The van der Waals surface area contributed by atoms with Crippen LogP contribution in [0.2, 0.25) is 0 Å². The molecule has 1 amide bonds. The van der Waals surface area contributed by atoms with Crippen molar-refractivity contribution >= 4 is 27.5 Å². The fourth-order valence-corrected chi connectivity index (χ4v) is 5.18. The average molecular weight is 463 g/mol. The zero-order valence-corrected chi connectivity index (χ0v) is 18.2. The van der Waals surface area contributed by atoms with E-state index in [4.69, 9.17) is 4.74 Å². The third-order valence-corrected chi connectivity index (χ3v) is 7.10. The number of nitrogens with zero attached hydrogens (tertiary/aromatic N) is 4. The molecule has 0 bridgehead atoms. The van der Waals surface area contributed by atoms with Crippen LogP contribution in [0.3, 0.4) is 0 Å². The van der Waals surface area contributed by atoms with Crippen molar-refractivity contribution in [1.29, 1.82) is 0 Å². The van der Waals surface area contributed by atoms with Crippen molar-refractivity contribution in [3.8, 4) is 11.4 Å². The van der Waals surface area contributed by atoms with Gasteiger partial charge in [0.2, 0.25) is 0 Å². The van der Waals surface area contributed by atoms with Crippen LogP contribution in [-0.4, -0.2) is 48.6 Å². The summed E-state index contributed by atoms with van der Waals surface area (Å²) < 4.78 is 49.2. The summed E-state index contributed by atoms with van der Waals surface area (Å²) in [5.41, 5.74) is 0.593. The van der Waals surface area contributed by atoms with Crippen molar-refractivity contribution in [3.05, 3.63) is 64.7 Å². The van der Waals surface area contributed by atoms with Crippen LogP contribution in [0.5, 0.6) is 5.75 Å². The molecule has 1 saturated heterocycles. The van der Waals surface area contributed by atoms with Crippen LogP contribution in [0.15, 0.2) is 57.8 Å². The molecule has 8 nitrogen and oxygen atoms in total. The molecule has 0 saturated carbocycles. The predicted molar refractivity (Wildman–Crippen MR) is 112 cm³/mol. The lowest BCUT2D eigenvalue weighted by molar-refractivity contribution is 0.0785. The van der Waals surface area contributed by atoms with Crippen molar-refractivity contribution in [2.24, 2.45) is 4.40 Å². The molecule has 0 unspecified atom stereocenters. The van der Waals surface area contributed by atoms with Gasteiger partial charge in [0.05, 0.1) is 17.7 Å². The first-order chi connectivity index (χ1) is 14.9. The summed E-state index contributed by atoms with van der Waals surface area (Å²) >= 11 is 0.935. The van der Waals surface area contributed by atoms with Gasteiger partial charge in [0.1, 0.15) is 11.6 Å². The molecule has 2 aromatic carbocycles. The Kier molecular flexibility index (Phi) is 5.88. The van der Waals surface area contributed by atoms with Gasteiger partial charge in [-0.3, -0.25) is 4.79 Å². The number of carbonyl (C=O) groups excluding carboxylic acids is 1. The van der Waals surface area contributed by atoms with Crippen molar-refractivity contribution in [2.75, 3.05) is 20.2 Å². The molecule has 4 rings (SSSR count). The number of benzene rings is 2. The van der Waals surface area contributed by atoms with E-state index in [2.05, 4.69) is 9.50 Å².